The van der Waals surface area contributed by atoms with Gasteiger partial charge in [0.1, 0.15) is 5.56 Å². The van der Waals surface area contributed by atoms with Crippen LogP contribution in [-0.4, -0.2) is 63.4 Å². The van der Waals surface area contributed by atoms with Gasteiger partial charge in [0.05, 0.1) is 24.8 Å². The number of carbonyl (C=O) groups excluding carboxylic acids is 3. The molecule has 3 aromatic rings. The molecule has 35 heavy (non-hydrogen) atoms. The van der Waals surface area contributed by atoms with E-state index in [1.807, 2.05) is 26.8 Å². The number of benzene rings is 1. The fourth-order valence-corrected chi connectivity index (χ4v) is 4.56. The van der Waals surface area contributed by atoms with Crippen LogP contribution in [0.4, 0.5) is 4.79 Å². The summed E-state index contributed by atoms with van der Waals surface area (Å²) in [6.45, 7) is 6.25. The topological polar surface area (TPSA) is 115 Å². The van der Waals surface area contributed by atoms with Gasteiger partial charge >= 0.3 is 0 Å². The highest BCUT2D eigenvalue weighted by molar-refractivity contribution is 8.18. The first kappa shape index (κ1) is 24.3. The van der Waals surface area contributed by atoms with Gasteiger partial charge in [-0.15, -0.1) is 0 Å². The van der Waals surface area contributed by atoms with Gasteiger partial charge in [0, 0.05) is 24.5 Å². The maximum atomic E-state index is 12.8. The van der Waals surface area contributed by atoms with Crippen molar-refractivity contribution >= 4 is 40.5 Å². The average Bonchev–Trinajstić information content (AvgIpc) is 3.36. The van der Waals surface area contributed by atoms with Gasteiger partial charge in [-0.1, -0.05) is 6.07 Å². The van der Waals surface area contributed by atoms with E-state index in [-0.39, 0.29) is 19.0 Å². The van der Waals surface area contributed by atoms with Crippen LogP contribution in [0.25, 0.3) is 11.7 Å². The first-order valence-corrected chi connectivity index (χ1v) is 11.8. The van der Waals surface area contributed by atoms with E-state index >= 15 is 0 Å². The van der Waals surface area contributed by atoms with E-state index in [9.17, 15) is 14.4 Å². The quantitative estimate of drug-likeness (QED) is 0.474. The summed E-state index contributed by atoms with van der Waals surface area (Å²) in [5.41, 5.74) is 3.13. The average molecular weight is 496 g/mol. The molecule has 0 saturated carbocycles. The smallest absolute Gasteiger partial charge is 0.293 e. The van der Waals surface area contributed by atoms with Crippen LogP contribution in [-0.2, 0) is 4.79 Å². The summed E-state index contributed by atoms with van der Waals surface area (Å²) in [6, 6.07) is 7.16. The van der Waals surface area contributed by atoms with Gasteiger partial charge in [0.2, 0.25) is 0 Å². The summed E-state index contributed by atoms with van der Waals surface area (Å²) in [4.78, 5) is 43.8. The highest BCUT2D eigenvalue weighted by atomic mass is 32.2. The largest absolute Gasteiger partial charge is 0.493 e. The van der Waals surface area contributed by atoms with Gasteiger partial charge in [0.25, 0.3) is 17.1 Å². The number of aromatic nitrogens is 3. The lowest BCUT2D eigenvalue weighted by molar-refractivity contribution is -0.122. The van der Waals surface area contributed by atoms with Crippen molar-refractivity contribution < 1.29 is 23.9 Å². The van der Waals surface area contributed by atoms with Crippen molar-refractivity contribution in [2.75, 3.05) is 26.8 Å². The molecule has 1 N–H and O–H groups in total. The molecular formula is C24H25N5O5S. The van der Waals surface area contributed by atoms with E-state index in [0.717, 1.165) is 28.0 Å². The molecule has 3 amide bonds. The van der Waals surface area contributed by atoms with Gasteiger partial charge in [-0.25, -0.2) is 9.50 Å². The Morgan fingerprint density at radius 3 is 2.74 bits per heavy atom. The molecule has 1 fully saturated rings. The predicted molar refractivity (Wildman–Crippen MR) is 132 cm³/mol. The molecule has 3 heterocycles. The molecule has 0 aliphatic carbocycles. The Hall–Kier alpha value is -3.86. The Kier molecular flexibility index (Phi) is 7.06. The van der Waals surface area contributed by atoms with Crippen LogP contribution in [0.5, 0.6) is 11.5 Å². The van der Waals surface area contributed by atoms with Crippen LogP contribution in [0.2, 0.25) is 0 Å². The fraction of sp³-hybridized carbons (Fsp3) is 0.292. The van der Waals surface area contributed by atoms with Gasteiger partial charge in [-0.2, -0.15) is 5.10 Å². The SMILES string of the molecule is CCOc1ccc(/C=C2/SC(=O)N(CCNC(=O)c3cnn4c(C)cc(C)nc34)C2=O)cc1OC. The monoisotopic (exact) mass is 495 g/mol. The van der Waals surface area contributed by atoms with Crippen molar-refractivity contribution in [2.24, 2.45) is 0 Å². The third-order valence-corrected chi connectivity index (χ3v) is 6.21. The fourth-order valence-electron chi connectivity index (χ4n) is 3.70. The lowest BCUT2D eigenvalue weighted by Crippen LogP contribution is -2.37. The number of hydrogen-bond acceptors (Lipinski definition) is 8. The van der Waals surface area contributed by atoms with Crippen LogP contribution in [0, 0.1) is 13.8 Å². The van der Waals surface area contributed by atoms with Crippen molar-refractivity contribution in [3.63, 3.8) is 0 Å². The molecule has 0 bridgehead atoms. The molecule has 1 aliphatic rings. The summed E-state index contributed by atoms with van der Waals surface area (Å²) < 4.78 is 12.5. The number of fused-ring (bicyclic) bond motifs is 1. The van der Waals surface area contributed by atoms with Crippen molar-refractivity contribution in [1.82, 2.24) is 24.8 Å². The number of aryl methyl sites for hydroxylation is 2. The number of nitrogens with one attached hydrogen (secondary N) is 1. The Morgan fingerprint density at radius 1 is 1.20 bits per heavy atom. The van der Waals surface area contributed by atoms with Gasteiger partial charge < -0.3 is 14.8 Å². The minimum Gasteiger partial charge on any atom is -0.493 e. The van der Waals surface area contributed by atoms with Crippen molar-refractivity contribution in [1.29, 1.82) is 0 Å². The molecule has 4 rings (SSSR count). The molecular weight excluding hydrogens is 470 g/mol. The number of ether oxygens (including phenoxy) is 2. The lowest BCUT2D eigenvalue weighted by atomic mass is 10.2. The zero-order chi connectivity index (χ0) is 25.1. The number of rotatable bonds is 8. The second-order valence-corrected chi connectivity index (χ2v) is 8.76. The maximum Gasteiger partial charge on any atom is 0.293 e. The molecule has 0 atom stereocenters. The highest BCUT2D eigenvalue weighted by Crippen LogP contribution is 2.34. The second-order valence-electron chi connectivity index (χ2n) is 7.77. The van der Waals surface area contributed by atoms with Crippen molar-refractivity contribution in [2.45, 2.75) is 20.8 Å². The third-order valence-electron chi connectivity index (χ3n) is 5.30. The zero-order valence-electron chi connectivity index (χ0n) is 19.8. The van der Waals surface area contributed by atoms with Crippen LogP contribution >= 0.6 is 11.8 Å². The Balaban J connectivity index is 1.41. The first-order chi connectivity index (χ1) is 16.8. The number of thioether (sulfide) groups is 1. The summed E-state index contributed by atoms with van der Waals surface area (Å²) in [6.07, 6.45) is 3.09. The maximum absolute atomic E-state index is 12.8. The number of methoxy groups -OCH3 is 1. The molecule has 0 spiro atoms. The minimum atomic E-state index is -0.411. The van der Waals surface area contributed by atoms with Crippen LogP contribution in [0.15, 0.2) is 35.4 Å². The number of hydrogen-bond donors (Lipinski definition) is 1. The predicted octanol–water partition coefficient (Wildman–Crippen LogP) is 3.22. The molecule has 2 aromatic heterocycles. The van der Waals surface area contributed by atoms with E-state index < -0.39 is 11.1 Å². The minimum absolute atomic E-state index is 0.0467. The molecule has 0 radical (unpaired) electrons. The van der Waals surface area contributed by atoms with Crippen molar-refractivity contribution in [3.05, 3.63) is 57.9 Å². The summed E-state index contributed by atoms with van der Waals surface area (Å²) >= 11 is 0.857. The molecule has 1 aromatic carbocycles. The third kappa shape index (κ3) is 4.99. The summed E-state index contributed by atoms with van der Waals surface area (Å²) in [5.74, 6) is 0.352. The Morgan fingerprint density at radius 2 is 2.00 bits per heavy atom. The van der Waals surface area contributed by atoms with Gasteiger partial charge in [-0.05, 0) is 62.4 Å². The number of carbonyl (C=O) groups is 3. The molecule has 1 aliphatic heterocycles. The van der Waals surface area contributed by atoms with E-state index in [1.165, 1.54) is 13.3 Å². The molecule has 1 saturated heterocycles. The van der Waals surface area contributed by atoms with Crippen molar-refractivity contribution in [3.8, 4) is 11.5 Å². The first-order valence-electron chi connectivity index (χ1n) is 11.0. The second kappa shape index (κ2) is 10.2. The summed E-state index contributed by atoms with van der Waals surface area (Å²) in [7, 11) is 1.54. The Labute approximate surface area is 206 Å². The molecule has 182 valence electrons. The van der Waals surface area contributed by atoms with E-state index in [0.29, 0.717) is 39.8 Å². The normalized spacial score (nSPS) is 14.7. The highest BCUT2D eigenvalue weighted by Gasteiger charge is 2.34. The van der Waals surface area contributed by atoms with E-state index in [1.54, 1.807) is 28.8 Å². The lowest BCUT2D eigenvalue weighted by Gasteiger charge is -2.13. The van der Waals surface area contributed by atoms with Crippen LogP contribution < -0.4 is 14.8 Å². The summed E-state index contributed by atoms with van der Waals surface area (Å²) in [5, 5.41) is 6.57. The van der Waals surface area contributed by atoms with E-state index in [4.69, 9.17) is 9.47 Å². The van der Waals surface area contributed by atoms with Crippen LogP contribution in [0.3, 0.4) is 0 Å². The number of imide groups is 1. The van der Waals surface area contributed by atoms with Gasteiger partial charge in [-0.3, -0.25) is 19.3 Å². The Bertz CT molecular complexity index is 1350. The zero-order valence-corrected chi connectivity index (χ0v) is 20.6. The van der Waals surface area contributed by atoms with E-state index in [2.05, 4.69) is 15.4 Å². The van der Waals surface area contributed by atoms with Crippen LogP contribution in [0.1, 0.15) is 34.2 Å². The molecule has 11 heteroatoms. The number of nitrogens with zero attached hydrogens (tertiary/aromatic N) is 4. The number of amides is 3. The molecule has 10 nitrogen and oxygen atoms in total. The standard InChI is InChI=1S/C24H25N5O5S/c1-5-34-18-7-6-16(11-19(18)33-4)12-20-23(31)28(24(32)35-20)9-8-25-22(30)17-13-26-29-15(3)10-14(2)27-21(17)29/h6-7,10-13H,5,8-9H2,1-4H3,(H,25,30)/b20-12+. The molecule has 0 unspecified atom stereocenters. The van der Waals surface area contributed by atoms with Gasteiger partial charge in [0.15, 0.2) is 17.1 Å².